The van der Waals surface area contributed by atoms with Gasteiger partial charge in [-0.05, 0) is 36.8 Å². The summed E-state index contributed by atoms with van der Waals surface area (Å²) in [6.45, 7) is -0.162. The Morgan fingerprint density at radius 1 is 1.35 bits per heavy atom. The third kappa shape index (κ3) is 3.63. The van der Waals surface area contributed by atoms with E-state index in [0.29, 0.717) is 5.56 Å². The molecule has 0 fully saturated rings. The molecule has 0 atom stereocenters. The zero-order valence-corrected chi connectivity index (χ0v) is 10.9. The quantitative estimate of drug-likeness (QED) is 0.764. The van der Waals surface area contributed by atoms with Gasteiger partial charge in [0.25, 0.3) is 0 Å². The van der Waals surface area contributed by atoms with Crippen LogP contribution >= 0.6 is 0 Å². The minimum absolute atomic E-state index is 0.0374. The molecule has 4 nitrogen and oxygen atoms in total. The Kier molecular flexibility index (Phi) is 4.45. The van der Waals surface area contributed by atoms with Gasteiger partial charge >= 0.3 is 6.61 Å². The highest BCUT2D eigenvalue weighted by Gasteiger charge is 2.10. The molecule has 0 spiro atoms. The van der Waals surface area contributed by atoms with Gasteiger partial charge in [0.1, 0.15) is 5.75 Å². The van der Waals surface area contributed by atoms with Crippen LogP contribution in [0.15, 0.2) is 36.7 Å². The summed E-state index contributed by atoms with van der Waals surface area (Å²) in [6, 6.07) is 5.66. The molecule has 0 aliphatic heterocycles. The molecule has 0 saturated heterocycles. The second kappa shape index (κ2) is 6.27. The van der Waals surface area contributed by atoms with Crippen molar-refractivity contribution >= 4 is 5.78 Å². The van der Waals surface area contributed by atoms with E-state index < -0.39 is 6.61 Å². The van der Waals surface area contributed by atoms with Crippen molar-refractivity contribution in [3.8, 4) is 5.75 Å². The number of carbonyl (C=O) groups excluding carboxylic acids is 1. The maximum Gasteiger partial charge on any atom is 0.387 e. The molecule has 0 radical (unpaired) electrons. The Balaban J connectivity index is 2.01. The van der Waals surface area contributed by atoms with E-state index in [4.69, 9.17) is 0 Å². The molecule has 0 bridgehead atoms. The van der Waals surface area contributed by atoms with Crippen LogP contribution in [0.2, 0.25) is 0 Å². The van der Waals surface area contributed by atoms with Crippen molar-refractivity contribution in [2.75, 3.05) is 0 Å². The smallest absolute Gasteiger partial charge is 0.387 e. The van der Waals surface area contributed by atoms with Crippen molar-refractivity contribution in [2.24, 2.45) is 0 Å². The predicted octanol–water partition coefficient (Wildman–Crippen LogP) is 2.93. The molecule has 1 aromatic carbocycles. The van der Waals surface area contributed by atoms with Crippen LogP contribution in [0, 0.1) is 0 Å². The fourth-order valence-electron chi connectivity index (χ4n) is 1.78. The average Bonchev–Trinajstić information content (AvgIpc) is 2.86. The number of alkyl halides is 2. The van der Waals surface area contributed by atoms with Gasteiger partial charge in [-0.1, -0.05) is 0 Å². The maximum atomic E-state index is 12.0. The largest absolute Gasteiger partial charge is 0.435 e. The van der Waals surface area contributed by atoms with Crippen LogP contribution in [0.5, 0.6) is 5.75 Å². The zero-order valence-electron chi connectivity index (χ0n) is 10.9. The molecule has 2 aromatic rings. The first-order valence-corrected chi connectivity index (χ1v) is 6.18. The Morgan fingerprint density at radius 3 is 2.60 bits per heavy atom. The third-order valence-corrected chi connectivity index (χ3v) is 2.78. The number of benzene rings is 1. The van der Waals surface area contributed by atoms with Gasteiger partial charge in [0, 0.05) is 24.7 Å². The van der Waals surface area contributed by atoms with Crippen molar-refractivity contribution in [2.45, 2.75) is 26.5 Å². The molecular weight excluding hydrogens is 266 g/mol. The van der Waals surface area contributed by atoms with Gasteiger partial charge in [0.05, 0.1) is 6.20 Å². The molecule has 6 heteroatoms. The van der Waals surface area contributed by atoms with Gasteiger partial charge < -0.3 is 4.74 Å². The molecule has 0 unspecified atom stereocenters. The van der Waals surface area contributed by atoms with Gasteiger partial charge in [-0.25, -0.2) is 0 Å². The van der Waals surface area contributed by atoms with Crippen molar-refractivity contribution in [1.82, 2.24) is 9.78 Å². The first-order chi connectivity index (χ1) is 9.58. The first-order valence-electron chi connectivity index (χ1n) is 6.18. The fourth-order valence-corrected chi connectivity index (χ4v) is 1.78. The van der Waals surface area contributed by atoms with Gasteiger partial charge in [-0.15, -0.1) is 0 Å². The van der Waals surface area contributed by atoms with Gasteiger partial charge in [0.2, 0.25) is 0 Å². The lowest BCUT2D eigenvalue weighted by Gasteiger charge is -2.05. The fraction of sp³-hybridized carbons (Fsp3) is 0.286. The molecule has 0 amide bonds. The van der Waals surface area contributed by atoms with E-state index >= 15 is 0 Å². The number of nitrogens with zero attached hydrogens (tertiary/aromatic N) is 2. The highest BCUT2D eigenvalue weighted by Crippen LogP contribution is 2.16. The van der Waals surface area contributed by atoms with E-state index in [9.17, 15) is 13.6 Å². The highest BCUT2D eigenvalue weighted by molar-refractivity contribution is 5.97. The molecule has 1 aromatic heterocycles. The Bertz CT molecular complexity index is 579. The normalized spacial score (nSPS) is 10.8. The third-order valence-electron chi connectivity index (χ3n) is 2.78. The Labute approximate surface area is 115 Å². The first kappa shape index (κ1) is 14.2. The van der Waals surface area contributed by atoms with E-state index in [0.717, 1.165) is 12.1 Å². The van der Waals surface area contributed by atoms with Crippen molar-refractivity contribution in [3.63, 3.8) is 0 Å². The molecule has 0 aliphatic carbocycles. The topological polar surface area (TPSA) is 44.1 Å². The van der Waals surface area contributed by atoms with E-state index in [1.165, 1.54) is 24.3 Å². The number of ether oxygens (including phenoxy) is 1. The second-order valence-corrected chi connectivity index (χ2v) is 4.21. The summed E-state index contributed by atoms with van der Waals surface area (Å²) in [7, 11) is 0. The van der Waals surface area contributed by atoms with Crippen molar-refractivity contribution in [3.05, 3.63) is 47.8 Å². The number of halogens is 2. The summed E-state index contributed by atoms with van der Waals surface area (Å²) < 4.78 is 30.0. The van der Waals surface area contributed by atoms with Crippen LogP contribution in [0.25, 0.3) is 0 Å². The zero-order chi connectivity index (χ0) is 14.5. The molecule has 1 heterocycles. The molecule has 20 heavy (non-hydrogen) atoms. The summed E-state index contributed by atoms with van der Waals surface area (Å²) in [5, 5.41) is 4.09. The number of aryl methyl sites for hydroxylation is 1. The van der Waals surface area contributed by atoms with E-state index in [-0.39, 0.29) is 18.0 Å². The van der Waals surface area contributed by atoms with Gasteiger partial charge in [0.15, 0.2) is 5.78 Å². The van der Waals surface area contributed by atoms with Crippen LogP contribution in [0.3, 0.4) is 0 Å². The van der Waals surface area contributed by atoms with Crippen LogP contribution in [0.4, 0.5) is 8.78 Å². The lowest BCUT2D eigenvalue weighted by molar-refractivity contribution is -0.0498. The average molecular weight is 280 g/mol. The van der Waals surface area contributed by atoms with Crippen LogP contribution in [-0.4, -0.2) is 22.2 Å². The second-order valence-electron chi connectivity index (χ2n) is 4.21. The SMILES string of the molecule is CCn1cc(CC(=O)c2ccc(OC(F)F)cc2)cn1. The lowest BCUT2D eigenvalue weighted by atomic mass is 10.1. The minimum Gasteiger partial charge on any atom is -0.435 e. The number of hydrogen-bond donors (Lipinski definition) is 0. The number of hydrogen-bond acceptors (Lipinski definition) is 3. The van der Waals surface area contributed by atoms with Gasteiger partial charge in [-0.2, -0.15) is 13.9 Å². The standard InChI is InChI=1S/C14H14F2N2O2/c1-2-18-9-10(8-17-18)7-13(19)11-3-5-12(6-4-11)20-14(15)16/h3-6,8-9,14H,2,7H2,1H3. The summed E-state index contributed by atoms with van der Waals surface area (Å²) in [5.74, 6) is -0.0559. The molecule has 0 N–H and O–H groups in total. The monoisotopic (exact) mass is 280 g/mol. The predicted molar refractivity (Wildman–Crippen MR) is 69.0 cm³/mol. The molecular formula is C14H14F2N2O2. The summed E-state index contributed by atoms with van der Waals surface area (Å²) in [6.07, 6.45) is 3.69. The molecule has 0 saturated carbocycles. The van der Waals surface area contributed by atoms with Crippen LogP contribution in [-0.2, 0) is 13.0 Å². The number of ketones is 1. The van der Waals surface area contributed by atoms with Crippen LogP contribution in [0.1, 0.15) is 22.8 Å². The highest BCUT2D eigenvalue weighted by atomic mass is 19.3. The Morgan fingerprint density at radius 2 is 2.05 bits per heavy atom. The Hall–Kier alpha value is -2.24. The minimum atomic E-state index is -2.86. The summed E-state index contributed by atoms with van der Waals surface area (Å²) in [5.41, 5.74) is 1.28. The van der Waals surface area contributed by atoms with E-state index in [1.54, 1.807) is 10.9 Å². The number of aromatic nitrogens is 2. The number of Topliss-reactive ketones (excluding diaryl/α,β-unsaturated/α-hetero) is 1. The lowest BCUT2D eigenvalue weighted by Crippen LogP contribution is -2.04. The molecule has 2 rings (SSSR count). The molecule has 0 aliphatic rings. The van der Waals surface area contributed by atoms with Crippen molar-refractivity contribution in [1.29, 1.82) is 0 Å². The number of carbonyl (C=O) groups is 1. The van der Waals surface area contributed by atoms with Crippen molar-refractivity contribution < 1.29 is 18.3 Å². The van der Waals surface area contributed by atoms with Gasteiger partial charge in [-0.3, -0.25) is 9.48 Å². The summed E-state index contributed by atoms with van der Waals surface area (Å²) >= 11 is 0. The van der Waals surface area contributed by atoms with E-state index in [2.05, 4.69) is 9.84 Å². The number of rotatable bonds is 6. The van der Waals surface area contributed by atoms with Crippen LogP contribution < -0.4 is 4.74 Å². The summed E-state index contributed by atoms with van der Waals surface area (Å²) in [4.78, 5) is 12.0. The van der Waals surface area contributed by atoms with E-state index in [1.807, 2.05) is 13.1 Å². The molecule has 106 valence electrons. The maximum absolute atomic E-state index is 12.0.